The normalized spacial score (nSPS) is 23.2. The average Bonchev–Trinajstić information content (AvgIpc) is 3.41. The van der Waals surface area contributed by atoms with Crippen molar-refractivity contribution in [3.05, 3.63) is 70.8 Å². The smallest absolute Gasteiger partial charge is 0.247 e. The largest absolute Gasteiger partial charge is 0.493 e. The van der Waals surface area contributed by atoms with Gasteiger partial charge in [0.25, 0.3) is 0 Å². The van der Waals surface area contributed by atoms with Crippen molar-refractivity contribution in [3.8, 4) is 11.5 Å². The Labute approximate surface area is 244 Å². The van der Waals surface area contributed by atoms with Gasteiger partial charge >= 0.3 is 0 Å². The summed E-state index contributed by atoms with van der Waals surface area (Å²) in [5.74, 6) is -0.712. The van der Waals surface area contributed by atoms with Crippen LogP contribution in [0.15, 0.2) is 54.1 Å². The number of fused-ring (bicyclic) bond motifs is 3. The molecule has 1 aliphatic carbocycles. The Morgan fingerprint density at radius 2 is 1.95 bits per heavy atom. The number of aliphatic hydroxyl groups is 2. The van der Waals surface area contributed by atoms with Crippen molar-refractivity contribution in [3.63, 3.8) is 0 Å². The van der Waals surface area contributed by atoms with Gasteiger partial charge in [0, 0.05) is 49.4 Å². The lowest BCUT2D eigenvalue weighted by atomic mass is 9.77. The quantitative estimate of drug-likeness (QED) is 0.326. The third kappa shape index (κ3) is 6.19. The second kappa shape index (κ2) is 13.5. The Bertz CT molecular complexity index is 1310. The molecular weight excluding hydrogens is 542 g/mol. The number of hydrogen-bond donors (Lipinski definition) is 3. The number of benzene rings is 2. The van der Waals surface area contributed by atoms with Gasteiger partial charge in [-0.15, -0.1) is 0 Å². The van der Waals surface area contributed by atoms with Crippen molar-refractivity contribution in [1.29, 1.82) is 0 Å². The predicted molar refractivity (Wildman–Crippen MR) is 153 cm³/mol. The molecule has 1 saturated heterocycles. The lowest BCUT2D eigenvalue weighted by molar-refractivity contribution is -0.137. The Hall–Kier alpha value is -3.77. The summed E-state index contributed by atoms with van der Waals surface area (Å²) >= 11 is 0. The molecule has 2 aliphatic heterocycles. The predicted octanol–water partition coefficient (Wildman–Crippen LogP) is 0.534. The van der Waals surface area contributed by atoms with Crippen molar-refractivity contribution < 1.29 is 38.8 Å². The van der Waals surface area contributed by atoms with Gasteiger partial charge < -0.3 is 34.6 Å². The van der Waals surface area contributed by atoms with Gasteiger partial charge in [-0.1, -0.05) is 30.3 Å². The van der Waals surface area contributed by atoms with Gasteiger partial charge in [0.05, 0.1) is 45.3 Å². The maximum absolute atomic E-state index is 13.9. The SMILES string of the molecule is COc1cc(C=O)cc2c1OC1C2C(C(=O)NCCO)=CC(N(CCN2CCOCC2)C(=O)Cc2ccccc2)C1O. The maximum Gasteiger partial charge on any atom is 0.247 e. The highest BCUT2D eigenvalue weighted by Gasteiger charge is 2.51. The second-order valence-electron chi connectivity index (χ2n) is 10.6. The first kappa shape index (κ1) is 29.7. The number of methoxy groups -OCH3 is 1. The summed E-state index contributed by atoms with van der Waals surface area (Å²) in [5.41, 5.74) is 2.01. The molecule has 3 aliphatic rings. The molecule has 1 fully saturated rings. The number of carbonyl (C=O) groups is 3. The van der Waals surface area contributed by atoms with Gasteiger partial charge in [0.2, 0.25) is 11.8 Å². The average molecular weight is 580 g/mol. The van der Waals surface area contributed by atoms with Crippen LogP contribution >= 0.6 is 0 Å². The summed E-state index contributed by atoms with van der Waals surface area (Å²) < 4.78 is 17.2. The molecule has 0 saturated carbocycles. The van der Waals surface area contributed by atoms with E-state index >= 15 is 0 Å². The van der Waals surface area contributed by atoms with Crippen LogP contribution < -0.4 is 14.8 Å². The molecule has 4 unspecified atom stereocenters. The summed E-state index contributed by atoms with van der Waals surface area (Å²) in [6.07, 6.45) is 0.336. The number of carbonyl (C=O) groups excluding carboxylic acids is 3. The van der Waals surface area contributed by atoms with Crippen molar-refractivity contribution in [2.45, 2.75) is 30.6 Å². The molecule has 42 heavy (non-hydrogen) atoms. The fourth-order valence-corrected chi connectivity index (χ4v) is 5.94. The summed E-state index contributed by atoms with van der Waals surface area (Å²) in [4.78, 5) is 42.9. The van der Waals surface area contributed by atoms with Gasteiger partial charge in [-0.05, 0) is 23.8 Å². The van der Waals surface area contributed by atoms with Crippen LogP contribution in [0.3, 0.4) is 0 Å². The minimum atomic E-state index is -1.19. The second-order valence-corrected chi connectivity index (χ2v) is 10.6. The Balaban J connectivity index is 1.53. The van der Waals surface area contributed by atoms with E-state index in [0.717, 1.165) is 18.7 Å². The molecule has 224 valence electrons. The van der Waals surface area contributed by atoms with Gasteiger partial charge in [-0.3, -0.25) is 19.3 Å². The van der Waals surface area contributed by atoms with Crippen molar-refractivity contribution in [1.82, 2.24) is 15.1 Å². The summed E-state index contributed by atoms with van der Waals surface area (Å²) in [6, 6.07) is 11.7. The first-order chi connectivity index (χ1) is 20.4. The van der Waals surface area contributed by atoms with Crippen LogP contribution in [-0.2, 0) is 20.7 Å². The Kier molecular flexibility index (Phi) is 9.53. The van der Waals surface area contributed by atoms with Crippen LogP contribution in [0.4, 0.5) is 0 Å². The van der Waals surface area contributed by atoms with E-state index in [1.807, 2.05) is 30.3 Å². The van der Waals surface area contributed by atoms with E-state index in [2.05, 4.69) is 10.2 Å². The van der Waals surface area contributed by atoms with Crippen LogP contribution in [0.1, 0.15) is 27.4 Å². The molecule has 0 radical (unpaired) electrons. The highest BCUT2D eigenvalue weighted by molar-refractivity contribution is 5.96. The molecule has 0 aromatic heterocycles. The molecule has 0 bridgehead atoms. The lowest BCUT2D eigenvalue weighted by Crippen LogP contribution is -2.57. The van der Waals surface area contributed by atoms with Gasteiger partial charge in [-0.2, -0.15) is 0 Å². The van der Waals surface area contributed by atoms with Crippen LogP contribution in [0.25, 0.3) is 0 Å². The van der Waals surface area contributed by atoms with Crippen LogP contribution in [-0.4, -0.2) is 116 Å². The van der Waals surface area contributed by atoms with Crippen molar-refractivity contribution in [2.24, 2.45) is 0 Å². The number of nitrogens with zero attached hydrogens (tertiary/aromatic N) is 2. The van der Waals surface area contributed by atoms with E-state index in [4.69, 9.17) is 14.2 Å². The standard InChI is InChI=1S/C31H37N3O8/c1-40-25-16-21(19-36)15-22-27-23(31(39)32-7-12-35)18-24(28(38)30(27)42-29(22)25)34(9-8-33-10-13-41-14-11-33)26(37)17-20-5-3-2-4-6-20/h2-6,15-16,18-19,24,27-28,30,35,38H,7-14,17H2,1H3,(H,32,39). The number of nitrogens with one attached hydrogen (secondary N) is 1. The third-order valence-corrected chi connectivity index (χ3v) is 8.05. The highest BCUT2D eigenvalue weighted by Crippen LogP contribution is 2.51. The first-order valence-corrected chi connectivity index (χ1v) is 14.2. The number of morpholine rings is 1. The van der Waals surface area contributed by atoms with Crippen LogP contribution in [0, 0.1) is 0 Å². The molecule has 11 heteroatoms. The van der Waals surface area contributed by atoms with Crippen molar-refractivity contribution in [2.75, 3.05) is 59.7 Å². The van der Waals surface area contributed by atoms with E-state index in [1.165, 1.54) is 7.11 Å². The molecule has 11 nitrogen and oxygen atoms in total. The van der Waals surface area contributed by atoms with E-state index in [1.54, 1.807) is 23.1 Å². The van der Waals surface area contributed by atoms with E-state index < -0.39 is 30.1 Å². The number of ether oxygens (including phenoxy) is 3. The molecular formula is C31H37N3O8. The zero-order chi connectivity index (χ0) is 29.6. The topological polar surface area (TPSA) is 138 Å². The maximum atomic E-state index is 13.9. The number of rotatable bonds is 11. The molecule has 3 N–H and O–H groups in total. The van der Waals surface area contributed by atoms with Crippen molar-refractivity contribution >= 4 is 18.1 Å². The number of aldehydes is 1. The minimum Gasteiger partial charge on any atom is -0.493 e. The molecule has 2 heterocycles. The molecule has 2 amide bonds. The summed E-state index contributed by atoms with van der Waals surface area (Å²) in [5, 5.41) is 23.9. The zero-order valence-corrected chi connectivity index (χ0v) is 23.6. The number of aliphatic hydroxyl groups excluding tert-OH is 2. The molecule has 5 rings (SSSR count). The molecule has 0 spiro atoms. The third-order valence-electron chi connectivity index (χ3n) is 8.05. The fourth-order valence-electron chi connectivity index (χ4n) is 5.94. The van der Waals surface area contributed by atoms with E-state index in [9.17, 15) is 24.6 Å². The lowest BCUT2D eigenvalue weighted by Gasteiger charge is -2.41. The van der Waals surface area contributed by atoms with E-state index in [0.29, 0.717) is 55.2 Å². The first-order valence-electron chi connectivity index (χ1n) is 14.2. The fraction of sp³-hybridized carbons (Fsp3) is 0.452. The van der Waals surface area contributed by atoms with Gasteiger partial charge in [-0.25, -0.2) is 0 Å². The van der Waals surface area contributed by atoms with Crippen LogP contribution in [0.2, 0.25) is 0 Å². The van der Waals surface area contributed by atoms with Gasteiger partial charge in [0.1, 0.15) is 18.5 Å². The Morgan fingerprint density at radius 1 is 1.19 bits per heavy atom. The zero-order valence-electron chi connectivity index (χ0n) is 23.6. The molecule has 2 aromatic carbocycles. The minimum absolute atomic E-state index is 0.0277. The molecule has 4 atom stereocenters. The summed E-state index contributed by atoms with van der Waals surface area (Å²) in [7, 11) is 1.45. The summed E-state index contributed by atoms with van der Waals surface area (Å²) in [6.45, 7) is 3.35. The highest BCUT2D eigenvalue weighted by atomic mass is 16.5. The number of amides is 2. The number of hydrogen-bond acceptors (Lipinski definition) is 9. The van der Waals surface area contributed by atoms with E-state index in [-0.39, 0.29) is 31.1 Å². The Morgan fingerprint density at radius 3 is 2.64 bits per heavy atom. The monoisotopic (exact) mass is 579 g/mol. The van der Waals surface area contributed by atoms with Crippen LogP contribution in [0.5, 0.6) is 11.5 Å². The van der Waals surface area contributed by atoms with Gasteiger partial charge in [0.15, 0.2) is 11.5 Å². The molecule has 2 aromatic rings.